The number of ether oxygens (including phenoxy) is 2. The van der Waals surface area contributed by atoms with Gasteiger partial charge in [-0.3, -0.25) is 9.59 Å². The molecule has 0 atom stereocenters. The third-order valence-electron chi connectivity index (χ3n) is 4.88. The Morgan fingerprint density at radius 2 is 1.59 bits per heavy atom. The topological polar surface area (TPSA) is 114 Å². The van der Waals surface area contributed by atoms with Crippen molar-refractivity contribution in [3.63, 3.8) is 0 Å². The molecule has 0 aliphatic carbocycles. The second-order valence-corrected chi connectivity index (χ2v) is 8.24. The first-order valence-corrected chi connectivity index (χ1v) is 11.2. The summed E-state index contributed by atoms with van der Waals surface area (Å²) in [6.45, 7) is 1.79. The fourth-order valence-corrected chi connectivity index (χ4v) is 3.91. The summed E-state index contributed by atoms with van der Waals surface area (Å²) in [6, 6.07) is 16.8. The summed E-state index contributed by atoms with van der Waals surface area (Å²) in [4.78, 5) is 37.3. The van der Waals surface area contributed by atoms with Crippen molar-refractivity contribution >= 4 is 40.9 Å². The van der Waals surface area contributed by atoms with E-state index in [1.807, 2.05) is 6.07 Å². The van der Waals surface area contributed by atoms with E-state index in [1.165, 1.54) is 38.1 Å². The van der Waals surface area contributed by atoms with Gasteiger partial charge >= 0.3 is 5.97 Å². The van der Waals surface area contributed by atoms with Crippen LogP contribution in [-0.4, -0.2) is 42.9 Å². The van der Waals surface area contributed by atoms with E-state index in [0.717, 1.165) is 10.5 Å². The Bertz CT molecular complexity index is 1210. The van der Waals surface area contributed by atoms with Crippen LogP contribution in [0.5, 0.6) is 11.5 Å². The molecule has 0 saturated heterocycles. The van der Waals surface area contributed by atoms with Crippen LogP contribution in [0, 0.1) is 6.92 Å². The van der Waals surface area contributed by atoms with E-state index < -0.39 is 5.97 Å². The van der Waals surface area contributed by atoms with E-state index in [0.29, 0.717) is 22.9 Å². The number of methoxy groups -OCH3 is 2. The lowest BCUT2D eigenvalue weighted by atomic mass is 10.1. The number of carbonyl (C=O) groups is 3. The minimum absolute atomic E-state index is 0.101. The summed E-state index contributed by atoms with van der Waals surface area (Å²) < 4.78 is 10.6. The Labute approximate surface area is 201 Å². The molecule has 0 bridgehead atoms. The molecule has 176 valence electrons. The van der Waals surface area contributed by atoms with E-state index in [1.54, 1.807) is 49.4 Å². The van der Waals surface area contributed by atoms with E-state index in [-0.39, 0.29) is 28.7 Å². The molecule has 34 heavy (non-hydrogen) atoms. The number of amides is 2. The van der Waals surface area contributed by atoms with E-state index in [4.69, 9.17) is 14.6 Å². The summed E-state index contributed by atoms with van der Waals surface area (Å²) in [6.07, 6.45) is 0. The molecule has 3 aromatic rings. The van der Waals surface area contributed by atoms with Crippen molar-refractivity contribution in [2.75, 3.05) is 30.6 Å². The van der Waals surface area contributed by atoms with Crippen molar-refractivity contribution in [3.8, 4) is 11.5 Å². The standard InChI is InChI=1S/C25H24N2O6S/c1-15-10-11-16(25(30)31)12-19(15)27-22(28)14-34-18-7-4-6-17(13-18)26-24(29)23-20(32-2)8-5-9-21(23)33-3/h4-13H,14H2,1-3H3,(H,26,29)(H,27,28)(H,30,31). The van der Waals surface area contributed by atoms with Gasteiger partial charge in [-0.05, 0) is 55.0 Å². The lowest BCUT2D eigenvalue weighted by molar-refractivity contribution is -0.113. The molecule has 0 unspecified atom stereocenters. The summed E-state index contributed by atoms with van der Waals surface area (Å²) in [5.41, 5.74) is 2.15. The van der Waals surface area contributed by atoms with Gasteiger partial charge in [0.15, 0.2) is 0 Å². The molecule has 8 nitrogen and oxygen atoms in total. The van der Waals surface area contributed by atoms with Crippen molar-refractivity contribution in [1.82, 2.24) is 0 Å². The van der Waals surface area contributed by atoms with Crippen LogP contribution in [0.2, 0.25) is 0 Å². The Morgan fingerprint density at radius 1 is 0.912 bits per heavy atom. The van der Waals surface area contributed by atoms with Gasteiger partial charge < -0.3 is 25.2 Å². The van der Waals surface area contributed by atoms with Gasteiger partial charge in [-0.2, -0.15) is 0 Å². The largest absolute Gasteiger partial charge is 0.496 e. The van der Waals surface area contributed by atoms with Crippen molar-refractivity contribution in [2.45, 2.75) is 11.8 Å². The normalized spacial score (nSPS) is 10.3. The summed E-state index contributed by atoms with van der Waals surface area (Å²) in [5.74, 6) is -0.835. The van der Waals surface area contributed by atoms with Gasteiger partial charge in [0.2, 0.25) is 5.91 Å². The van der Waals surface area contributed by atoms with Crippen LogP contribution in [0.1, 0.15) is 26.3 Å². The number of rotatable bonds is 9. The maximum Gasteiger partial charge on any atom is 0.335 e. The van der Waals surface area contributed by atoms with Crippen molar-refractivity contribution < 1.29 is 29.0 Å². The van der Waals surface area contributed by atoms with Gasteiger partial charge in [0, 0.05) is 16.3 Å². The average Bonchev–Trinajstić information content (AvgIpc) is 2.83. The second-order valence-electron chi connectivity index (χ2n) is 7.19. The number of benzene rings is 3. The molecule has 2 amide bonds. The zero-order valence-corrected chi connectivity index (χ0v) is 19.7. The van der Waals surface area contributed by atoms with Crippen LogP contribution in [0.3, 0.4) is 0 Å². The maximum atomic E-state index is 12.9. The number of anilines is 2. The number of hydrogen-bond donors (Lipinski definition) is 3. The lowest BCUT2D eigenvalue weighted by Gasteiger charge is -2.13. The Morgan fingerprint density at radius 3 is 2.24 bits per heavy atom. The fourth-order valence-electron chi connectivity index (χ4n) is 3.16. The molecule has 0 aromatic heterocycles. The summed E-state index contributed by atoms with van der Waals surface area (Å²) >= 11 is 1.29. The van der Waals surface area contributed by atoms with Crippen molar-refractivity contribution in [1.29, 1.82) is 0 Å². The minimum atomic E-state index is -1.06. The minimum Gasteiger partial charge on any atom is -0.496 e. The third-order valence-corrected chi connectivity index (χ3v) is 5.87. The quantitative estimate of drug-likeness (QED) is 0.381. The van der Waals surface area contributed by atoms with E-state index in [9.17, 15) is 14.4 Å². The number of aryl methyl sites for hydroxylation is 1. The fraction of sp³-hybridized carbons (Fsp3) is 0.160. The molecule has 3 aromatic carbocycles. The first-order chi connectivity index (χ1) is 16.3. The molecule has 9 heteroatoms. The second kappa shape index (κ2) is 11.2. The number of hydrogen-bond acceptors (Lipinski definition) is 6. The monoisotopic (exact) mass is 480 g/mol. The Kier molecular flexibility index (Phi) is 8.15. The van der Waals surface area contributed by atoms with Crippen LogP contribution in [-0.2, 0) is 4.79 Å². The Balaban J connectivity index is 1.66. The third kappa shape index (κ3) is 6.08. The molecule has 0 radical (unpaired) electrons. The highest BCUT2D eigenvalue weighted by atomic mass is 32.2. The lowest BCUT2D eigenvalue weighted by Crippen LogP contribution is -2.15. The average molecular weight is 481 g/mol. The molecule has 0 aliphatic heterocycles. The molecule has 0 fully saturated rings. The van der Waals surface area contributed by atoms with E-state index in [2.05, 4.69) is 10.6 Å². The predicted molar refractivity (Wildman–Crippen MR) is 131 cm³/mol. The van der Waals surface area contributed by atoms with Gasteiger partial charge in [-0.1, -0.05) is 18.2 Å². The highest BCUT2D eigenvalue weighted by Crippen LogP contribution is 2.30. The molecular formula is C25H24N2O6S. The van der Waals surface area contributed by atoms with Crippen LogP contribution < -0.4 is 20.1 Å². The predicted octanol–water partition coefficient (Wildman–Crippen LogP) is 4.69. The van der Waals surface area contributed by atoms with Crippen LogP contribution in [0.15, 0.2) is 65.6 Å². The summed E-state index contributed by atoms with van der Waals surface area (Å²) in [7, 11) is 2.96. The van der Waals surface area contributed by atoms with Crippen LogP contribution >= 0.6 is 11.8 Å². The number of nitrogens with one attached hydrogen (secondary N) is 2. The van der Waals surface area contributed by atoms with Gasteiger partial charge in [0.25, 0.3) is 5.91 Å². The smallest absolute Gasteiger partial charge is 0.335 e. The van der Waals surface area contributed by atoms with Gasteiger partial charge in [0.1, 0.15) is 17.1 Å². The number of carboxylic acid groups (broad SMARTS) is 1. The number of aromatic carboxylic acids is 1. The highest BCUT2D eigenvalue weighted by Gasteiger charge is 2.18. The zero-order valence-electron chi connectivity index (χ0n) is 18.9. The van der Waals surface area contributed by atoms with Gasteiger partial charge in [-0.25, -0.2) is 4.79 Å². The summed E-state index contributed by atoms with van der Waals surface area (Å²) in [5, 5.41) is 14.7. The number of carbonyl (C=O) groups excluding carboxylic acids is 2. The first kappa shape index (κ1) is 24.7. The number of thioether (sulfide) groups is 1. The SMILES string of the molecule is COc1cccc(OC)c1C(=O)Nc1cccc(SCC(=O)Nc2cc(C(=O)O)ccc2C)c1. The van der Waals surface area contributed by atoms with Crippen LogP contribution in [0.25, 0.3) is 0 Å². The molecule has 0 saturated carbocycles. The van der Waals surface area contributed by atoms with Crippen molar-refractivity contribution in [3.05, 3.63) is 77.4 Å². The zero-order chi connectivity index (χ0) is 24.7. The van der Waals surface area contributed by atoms with Gasteiger partial charge in [-0.15, -0.1) is 11.8 Å². The van der Waals surface area contributed by atoms with E-state index >= 15 is 0 Å². The first-order valence-electron chi connectivity index (χ1n) is 10.2. The van der Waals surface area contributed by atoms with Gasteiger partial charge in [0.05, 0.1) is 25.5 Å². The number of carboxylic acids is 1. The molecule has 0 heterocycles. The van der Waals surface area contributed by atoms with Crippen molar-refractivity contribution in [2.24, 2.45) is 0 Å². The molecular weight excluding hydrogens is 456 g/mol. The molecule has 3 N–H and O–H groups in total. The molecule has 3 rings (SSSR count). The molecule has 0 spiro atoms. The Hall–Kier alpha value is -3.98. The highest BCUT2D eigenvalue weighted by molar-refractivity contribution is 8.00. The van der Waals surface area contributed by atoms with Crippen LogP contribution in [0.4, 0.5) is 11.4 Å². The maximum absolute atomic E-state index is 12.9. The molecule has 0 aliphatic rings.